The molecule has 0 unspecified atom stereocenters. The van der Waals surface area contributed by atoms with Crippen LogP contribution in [0, 0.1) is 0 Å². The van der Waals surface area contributed by atoms with Crippen LogP contribution in [0.5, 0.6) is 0 Å². The second kappa shape index (κ2) is 7.40. The quantitative estimate of drug-likeness (QED) is 0.746. The summed E-state index contributed by atoms with van der Waals surface area (Å²) in [6.45, 7) is 3.17. The van der Waals surface area contributed by atoms with Gasteiger partial charge in [-0.05, 0) is 30.5 Å². The van der Waals surface area contributed by atoms with E-state index in [2.05, 4.69) is 4.98 Å². The third-order valence-electron chi connectivity index (χ3n) is 4.50. The molecular weight excluding hydrogens is 360 g/mol. The molecule has 0 spiro atoms. The number of methoxy groups -OCH3 is 1. The zero-order valence-electron chi connectivity index (χ0n) is 14.6. The van der Waals surface area contributed by atoms with Gasteiger partial charge in [-0.25, -0.2) is 4.98 Å². The third-order valence-corrected chi connectivity index (χ3v) is 5.00. The molecule has 5 nitrogen and oxygen atoms in total. The number of halogens is 2. The Kier molecular flexibility index (Phi) is 5.42. The van der Waals surface area contributed by atoms with Gasteiger partial charge in [0.1, 0.15) is 0 Å². The number of anilines is 2. The van der Waals surface area contributed by atoms with Gasteiger partial charge in [0.05, 0.1) is 23.4 Å². The topological polar surface area (TPSA) is 47.4 Å². The van der Waals surface area contributed by atoms with Crippen LogP contribution in [0.4, 0.5) is 11.5 Å². The Labute approximate surface area is 157 Å². The number of hydrogen-bond acceptors (Lipinski definition) is 4. The average molecular weight is 380 g/mol. The van der Waals surface area contributed by atoms with Crippen LogP contribution in [0.15, 0.2) is 23.1 Å². The van der Waals surface area contributed by atoms with Crippen LogP contribution >= 0.6 is 23.2 Å². The average Bonchev–Trinajstić information content (AvgIpc) is 2.98. The SMILES string of the molecule is Bc1cn([C@H](CC)COC)c(=O)c(N2CCc3cc(Cl)cc(Cl)c32)n1. The summed E-state index contributed by atoms with van der Waals surface area (Å²) in [5.74, 6) is 0.400. The number of benzene rings is 1. The van der Waals surface area contributed by atoms with E-state index in [-0.39, 0.29) is 11.6 Å². The van der Waals surface area contributed by atoms with Gasteiger partial charge >= 0.3 is 0 Å². The molecule has 1 aromatic heterocycles. The number of rotatable bonds is 5. The second-order valence-corrected chi connectivity index (χ2v) is 7.08. The number of ether oxygens (including phenoxy) is 1. The van der Waals surface area contributed by atoms with Gasteiger partial charge in [0.25, 0.3) is 5.56 Å². The van der Waals surface area contributed by atoms with Gasteiger partial charge in [-0.3, -0.25) is 4.79 Å². The molecule has 0 fully saturated rings. The van der Waals surface area contributed by atoms with Crippen molar-refractivity contribution < 1.29 is 4.74 Å². The molecular formula is C17H20BCl2N3O2. The molecule has 1 aliphatic rings. The molecule has 0 saturated carbocycles. The van der Waals surface area contributed by atoms with Crippen LogP contribution in [-0.4, -0.2) is 37.7 Å². The van der Waals surface area contributed by atoms with Crippen molar-refractivity contribution in [1.82, 2.24) is 9.55 Å². The lowest BCUT2D eigenvalue weighted by Gasteiger charge is -2.23. The van der Waals surface area contributed by atoms with Crippen molar-refractivity contribution in [3.8, 4) is 0 Å². The standard InChI is InChI=1S/C17H20BCl2N3O2/c1-3-12(9-25-2)23-8-14(18)21-16(17(23)24)22-5-4-10-6-11(19)7-13(20)15(10)22/h6-8,12H,3-5,9,18H2,1-2H3/t12-/m1/s1. The van der Waals surface area contributed by atoms with Crippen molar-refractivity contribution in [1.29, 1.82) is 0 Å². The normalized spacial score (nSPS) is 14.6. The highest BCUT2D eigenvalue weighted by Gasteiger charge is 2.28. The van der Waals surface area contributed by atoms with E-state index in [0.29, 0.717) is 29.0 Å². The Morgan fingerprint density at radius 3 is 2.84 bits per heavy atom. The largest absolute Gasteiger partial charge is 0.383 e. The third kappa shape index (κ3) is 3.43. The van der Waals surface area contributed by atoms with E-state index in [9.17, 15) is 4.79 Å². The summed E-state index contributed by atoms with van der Waals surface area (Å²) in [7, 11) is 3.53. The number of fused-ring (bicyclic) bond motifs is 1. The lowest BCUT2D eigenvalue weighted by molar-refractivity contribution is 0.151. The van der Waals surface area contributed by atoms with Crippen molar-refractivity contribution in [2.24, 2.45) is 0 Å². The Hall–Kier alpha value is -1.50. The van der Waals surface area contributed by atoms with Crippen LogP contribution in [0.2, 0.25) is 10.0 Å². The molecule has 8 heteroatoms. The first-order valence-electron chi connectivity index (χ1n) is 8.30. The van der Waals surface area contributed by atoms with Crippen molar-refractivity contribution in [2.75, 3.05) is 25.2 Å². The first-order valence-corrected chi connectivity index (χ1v) is 9.06. The van der Waals surface area contributed by atoms with E-state index in [0.717, 1.165) is 29.7 Å². The molecule has 1 aromatic carbocycles. The highest BCUT2D eigenvalue weighted by Crippen LogP contribution is 2.40. The number of hydrogen-bond donors (Lipinski definition) is 0. The summed E-state index contributed by atoms with van der Waals surface area (Å²) in [6, 6.07) is 3.58. The summed E-state index contributed by atoms with van der Waals surface area (Å²) < 4.78 is 6.99. The number of nitrogens with zero attached hydrogens (tertiary/aromatic N) is 3. The molecule has 2 heterocycles. The predicted molar refractivity (Wildman–Crippen MR) is 105 cm³/mol. The molecule has 0 radical (unpaired) electrons. The summed E-state index contributed by atoms with van der Waals surface area (Å²) in [5, 5.41) is 1.14. The first-order chi connectivity index (χ1) is 12.0. The maximum atomic E-state index is 13.1. The lowest BCUT2D eigenvalue weighted by atomic mass is 10.1. The second-order valence-electron chi connectivity index (χ2n) is 6.23. The molecule has 3 rings (SSSR count). The first kappa shape index (κ1) is 18.3. The molecule has 0 aliphatic carbocycles. The molecule has 0 N–H and O–H groups in total. The van der Waals surface area contributed by atoms with Crippen molar-refractivity contribution in [2.45, 2.75) is 25.8 Å². The molecule has 0 saturated heterocycles. The minimum atomic E-state index is -0.131. The highest BCUT2D eigenvalue weighted by molar-refractivity contribution is 6.37. The summed E-state index contributed by atoms with van der Waals surface area (Å²) in [6.07, 6.45) is 3.36. The van der Waals surface area contributed by atoms with E-state index >= 15 is 0 Å². The Bertz CT molecular complexity index is 857. The minimum absolute atomic E-state index is 0.0271. The van der Waals surface area contributed by atoms with Gasteiger partial charge in [-0.2, -0.15) is 0 Å². The van der Waals surface area contributed by atoms with Crippen molar-refractivity contribution in [3.63, 3.8) is 0 Å². The highest BCUT2D eigenvalue weighted by atomic mass is 35.5. The molecule has 0 amide bonds. The van der Waals surface area contributed by atoms with Crippen LogP contribution < -0.4 is 16.1 Å². The van der Waals surface area contributed by atoms with E-state index in [1.165, 1.54) is 0 Å². The van der Waals surface area contributed by atoms with Crippen LogP contribution in [-0.2, 0) is 11.2 Å². The van der Waals surface area contributed by atoms with Crippen LogP contribution in [0.25, 0.3) is 0 Å². The maximum Gasteiger partial charge on any atom is 0.294 e. The monoisotopic (exact) mass is 379 g/mol. The number of aromatic nitrogens is 2. The van der Waals surface area contributed by atoms with Gasteiger partial charge in [-0.15, -0.1) is 0 Å². The van der Waals surface area contributed by atoms with Gasteiger partial charge < -0.3 is 14.2 Å². The molecule has 1 atom stereocenters. The van der Waals surface area contributed by atoms with Crippen LogP contribution in [0.3, 0.4) is 0 Å². The van der Waals surface area contributed by atoms with Crippen LogP contribution in [0.1, 0.15) is 24.9 Å². The molecule has 25 heavy (non-hydrogen) atoms. The fraction of sp³-hybridized carbons (Fsp3) is 0.412. The van der Waals surface area contributed by atoms with E-state index in [1.54, 1.807) is 23.9 Å². The summed E-state index contributed by atoms with van der Waals surface area (Å²) >= 11 is 12.5. The Morgan fingerprint density at radius 2 is 2.16 bits per heavy atom. The molecule has 0 bridgehead atoms. The Balaban J connectivity index is 2.12. The van der Waals surface area contributed by atoms with E-state index < -0.39 is 0 Å². The zero-order valence-corrected chi connectivity index (χ0v) is 16.1. The molecule has 1 aliphatic heterocycles. The summed E-state index contributed by atoms with van der Waals surface area (Å²) in [4.78, 5) is 19.5. The predicted octanol–water partition coefficient (Wildman–Crippen LogP) is 2.10. The minimum Gasteiger partial charge on any atom is -0.383 e. The van der Waals surface area contributed by atoms with Gasteiger partial charge in [0.15, 0.2) is 13.7 Å². The van der Waals surface area contributed by atoms with Crippen molar-refractivity contribution in [3.05, 3.63) is 44.3 Å². The summed E-state index contributed by atoms with van der Waals surface area (Å²) in [5.41, 5.74) is 2.51. The van der Waals surface area contributed by atoms with Crippen molar-refractivity contribution >= 4 is 48.1 Å². The molecule has 2 aromatic rings. The smallest absolute Gasteiger partial charge is 0.294 e. The molecule has 132 valence electrons. The Morgan fingerprint density at radius 1 is 1.40 bits per heavy atom. The fourth-order valence-corrected chi connectivity index (χ4v) is 3.96. The van der Waals surface area contributed by atoms with E-state index in [1.807, 2.05) is 25.7 Å². The van der Waals surface area contributed by atoms with Gasteiger partial charge in [0.2, 0.25) is 0 Å². The van der Waals surface area contributed by atoms with Gasteiger partial charge in [-0.1, -0.05) is 30.1 Å². The fourth-order valence-electron chi connectivity index (χ4n) is 3.32. The van der Waals surface area contributed by atoms with E-state index in [4.69, 9.17) is 27.9 Å². The van der Waals surface area contributed by atoms with Gasteiger partial charge in [0, 0.05) is 30.5 Å². The zero-order chi connectivity index (χ0) is 18.1. The lowest BCUT2D eigenvalue weighted by Crippen LogP contribution is -2.36. The maximum absolute atomic E-state index is 13.1.